The minimum absolute atomic E-state index is 0. The van der Waals surface area contributed by atoms with Crippen LogP contribution in [0.1, 0.15) is 204 Å². The molecule has 1 aromatic heterocycles. The topological polar surface area (TPSA) is 404 Å². The van der Waals surface area contributed by atoms with E-state index in [1.54, 1.807) is 12.4 Å². The molecule has 5 rings (SSSR count). The molecule has 5 heterocycles. The Morgan fingerprint density at radius 2 is 0.949 bits per heavy atom. The zero-order valence-electron chi connectivity index (χ0n) is 68.3. The maximum Gasteiger partial charge on any atom is 1.00 e. The van der Waals surface area contributed by atoms with E-state index in [2.05, 4.69) is 50.2 Å². The molecule has 0 spiro atoms. The van der Waals surface area contributed by atoms with E-state index >= 15 is 0 Å². The third-order valence-electron chi connectivity index (χ3n) is 10.9. The van der Waals surface area contributed by atoms with E-state index in [4.69, 9.17) is 62.5 Å². The smallest absolute Gasteiger partial charge is 1.00 e. The number of pyridine rings is 1. The van der Waals surface area contributed by atoms with E-state index in [1.807, 2.05) is 18.2 Å². The van der Waals surface area contributed by atoms with Gasteiger partial charge in [-0.05, 0) is 97.2 Å². The first-order valence-electron chi connectivity index (χ1n) is 34.4. The van der Waals surface area contributed by atoms with Crippen LogP contribution in [-0.4, -0.2) is 157 Å². The van der Waals surface area contributed by atoms with Crippen LogP contribution >= 0.6 is 8.25 Å². The van der Waals surface area contributed by atoms with Crippen molar-refractivity contribution in [2.45, 2.75) is 198 Å². The largest absolute Gasteiger partial charge is 1.00 e. The number of rotatable bonds is 19. The number of quaternary nitrogens is 1. The third kappa shape index (κ3) is 28.5. The fourth-order valence-electron chi connectivity index (χ4n) is 5.99. The number of nitrogens with two attached hydrogens (primary N) is 1. The monoisotopic (exact) mass is 1270 g/mol. The van der Waals surface area contributed by atoms with E-state index < -0.39 is 169 Å². The summed E-state index contributed by atoms with van der Waals surface area (Å²) >= 11 is 0. The maximum atomic E-state index is 11.5. The summed E-state index contributed by atoms with van der Waals surface area (Å²) in [7, 11) is -19.0. The van der Waals surface area contributed by atoms with Gasteiger partial charge in [0.2, 0.25) is 10.4 Å². The molecule has 0 radical (unpaired) electrons. The Kier molecular flexibility index (Phi) is 22.9. The molecule has 4 amide bonds. The molecule has 0 bridgehead atoms. The molecule has 4 aliphatic rings. The molecule has 28 nitrogen and oxygen atoms in total. The molecular weight excluding hydrogens is 1150 g/mol. The third-order valence-corrected chi connectivity index (χ3v) is 12.0. The number of hydrogen-bond donors (Lipinski definition) is 5. The first-order valence-corrected chi connectivity index (χ1v) is 27.6. The summed E-state index contributed by atoms with van der Waals surface area (Å²) in [6.45, 7) is -7.41. The second-order valence-corrected chi connectivity index (χ2v) is 20.3. The standard InChI is InChI=1S/C16H36N.2C6H11NO5S.C6H11NO2.C5H10N2O5S.C5H5N.2CH4.K.HO4P.H/c1-5-9-13-17(14-10-6-2,15-11-7-3)16-12-8-4;2*1-4-5(8)7(6(4,2)3)12-13(9,10)11;1-4-5(8)7(9)6(4,2)3;1-5(2)3(6)4(8)7(5)12-13(9,10)11;1-2-4-6-5-3-1;;;;1-4-5(2)3;/h5-16H2,1-4H3;2*4H,1-3H3,(H,9,10,11);4,9H,1-3H3;3H,6H2,1-2H3,(H,9,10,11);1-5H;2*1H4;;1H;/q+1;;;;;;;;+1;;-1/p-1/t;3*4-;3-;;;;;;/m.1111....../s1/i;3*2D3,3D3;1D3,2D3;;;;;;. The molecule has 0 aliphatic carbocycles. The maximum absolute atomic E-state index is 11.5. The second kappa shape index (κ2) is 37.4. The fraction of sp³-hybridized carbons (Fsp3) is 0.804. The van der Waals surface area contributed by atoms with Crippen molar-refractivity contribution < 1.29 is 186 Å². The van der Waals surface area contributed by atoms with Gasteiger partial charge in [-0.25, -0.2) is 18.7 Å². The van der Waals surface area contributed by atoms with Gasteiger partial charge in [0.25, 0.3) is 23.6 Å². The van der Waals surface area contributed by atoms with Gasteiger partial charge in [-0.3, -0.25) is 38.5 Å². The quantitative estimate of drug-likeness (QED) is 0.0153. The van der Waals surface area contributed by atoms with Gasteiger partial charge >= 0.3 is 80.4 Å². The van der Waals surface area contributed by atoms with Gasteiger partial charge in [-0.2, -0.15) is 36.3 Å². The average Bonchev–Trinajstić information content (AvgIpc) is 0.708. The summed E-state index contributed by atoms with van der Waals surface area (Å²) in [4.78, 5) is 58.0. The fourth-order valence-corrected chi connectivity index (χ4v) is 7.12. The minimum atomic E-state index is -5.48. The van der Waals surface area contributed by atoms with Crippen molar-refractivity contribution in [3.8, 4) is 0 Å². The summed E-state index contributed by atoms with van der Waals surface area (Å²) in [5, 5.41) is 15.0. The second-order valence-electron chi connectivity index (χ2n) is 16.7. The van der Waals surface area contributed by atoms with Crippen molar-refractivity contribution in [2.75, 3.05) is 26.2 Å². The van der Waals surface area contributed by atoms with Gasteiger partial charge in [0.05, 0.1) is 66.1 Å². The Morgan fingerprint density at radius 3 is 1.16 bits per heavy atom. The van der Waals surface area contributed by atoms with E-state index in [-0.39, 0.29) is 82.9 Å². The number of hydrogen-bond acceptors (Lipinski definition) is 21. The van der Waals surface area contributed by atoms with Crippen molar-refractivity contribution in [2.24, 2.45) is 23.5 Å². The van der Waals surface area contributed by atoms with Crippen molar-refractivity contribution >= 4 is 63.1 Å². The zero-order valence-corrected chi connectivity index (χ0v) is 49.8. The Balaban J connectivity index is -0.000000276. The molecule has 79 heavy (non-hydrogen) atoms. The molecule has 4 fully saturated rings. The molecule has 462 valence electrons. The number of carbonyl (C=O) groups excluding carboxylic acids is 4. The van der Waals surface area contributed by atoms with Gasteiger partial charge in [-0.1, -0.05) is 95.1 Å². The van der Waals surface area contributed by atoms with Gasteiger partial charge in [0.1, 0.15) is 6.04 Å². The first-order chi connectivity index (χ1) is 44.5. The number of hydroxylamine groups is 8. The summed E-state index contributed by atoms with van der Waals surface area (Å²) in [6.07, 6.45) is 14.6. The zero-order chi connectivity index (χ0) is 80.1. The van der Waals surface area contributed by atoms with E-state index in [1.165, 1.54) is 89.0 Å². The van der Waals surface area contributed by atoms with Crippen molar-refractivity contribution in [3.05, 3.63) is 30.6 Å². The molecule has 0 saturated carbocycles. The van der Waals surface area contributed by atoms with Gasteiger partial charge in [0.15, 0.2) is 0 Å². The number of β-lactam (4-membered cyclic amide) rings is 4. The Bertz CT molecular complexity index is 2860. The van der Waals surface area contributed by atoms with E-state index in [9.17, 15) is 54.2 Å². The van der Waals surface area contributed by atoms with Gasteiger partial charge in [0, 0.05) is 50.0 Å². The number of carbonyl (C=O) groups is 4. The van der Waals surface area contributed by atoms with Crippen molar-refractivity contribution in [1.82, 2.24) is 25.2 Å². The predicted molar refractivity (Wildman–Crippen MR) is 286 cm³/mol. The van der Waals surface area contributed by atoms with E-state index in [0.717, 1.165) is 13.8 Å². The number of amides is 4. The molecule has 5 atom stereocenters. The summed E-state index contributed by atoms with van der Waals surface area (Å²) in [5.74, 6) is -8.95. The molecule has 0 aromatic carbocycles. The van der Waals surface area contributed by atoms with Crippen LogP contribution in [0.2, 0.25) is 0 Å². The number of aromatic nitrogens is 1. The Labute approximate surface area is 549 Å². The summed E-state index contributed by atoms with van der Waals surface area (Å²) < 4.78 is 288. The molecule has 6 N–H and O–H groups in total. The van der Waals surface area contributed by atoms with Crippen LogP contribution in [0.15, 0.2) is 30.6 Å². The van der Waals surface area contributed by atoms with Gasteiger partial charge < -0.3 is 21.1 Å². The normalized spacial score (nSPS) is 26.8. The van der Waals surface area contributed by atoms with Crippen LogP contribution < -0.4 is 62.0 Å². The van der Waals surface area contributed by atoms with Crippen LogP contribution in [0.3, 0.4) is 0 Å². The first kappa shape index (κ1) is 48.4. The van der Waals surface area contributed by atoms with E-state index in [0.29, 0.717) is 0 Å². The van der Waals surface area contributed by atoms with Crippen molar-refractivity contribution in [1.29, 1.82) is 0 Å². The summed E-state index contributed by atoms with van der Waals surface area (Å²) in [5.41, 5.74) is -6.00. The van der Waals surface area contributed by atoms with Crippen molar-refractivity contribution in [3.63, 3.8) is 0 Å². The molecule has 1 unspecified atom stereocenters. The van der Waals surface area contributed by atoms with Crippen LogP contribution in [0.25, 0.3) is 0 Å². The molecule has 4 aliphatic heterocycles. The number of nitrogens with zero attached hydrogens (tertiary/aromatic N) is 6. The molecule has 1 aromatic rings. The SMILES string of the molecule is C.C.CCCC[N+](CCCC)(CCCC)CCCC.O=[P+]([O-])OO.[2H]C([2H])([2H])C1(C([2H])([2H])[2H])[C@H](C)C(=O)N1O.[2H]C([2H])([2H])C1(C([2H])([2H])[2H])[C@H](C)C(=O)N1OS(=O)(=O)O.[2H]C([2H])([2H])C1(C([2H])([2H])[2H])[C@H](C)C(=O)N1OS(=O)(=O)[O-].[2H]C([2H])([2H])C1(C([2H])([2H])[2H])[C@H](N)C(=O)N1OS(=O)(=O)O.[H-].[K+].c1ccncc1. The molecular formula is C46H93KN7O21PS3. The molecule has 33 heteroatoms. The summed E-state index contributed by atoms with van der Waals surface area (Å²) in [6, 6.07) is 3.70. The van der Waals surface area contributed by atoms with Crippen LogP contribution in [0, 0.1) is 17.8 Å². The van der Waals surface area contributed by atoms with Crippen LogP contribution in [0.5, 0.6) is 0 Å². The average molecular weight is 1270 g/mol. The van der Waals surface area contributed by atoms with Gasteiger partial charge in [-0.15, -0.1) is 8.57 Å². The molecule has 4 saturated heterocycles. The minimum Gasteiger partial charge on any atom is -1.00 e. The Morgan fingerprint density at radius 1 is 0.646 bits per heavy atom. The Hall–Kier alpha value is -1.86. The van der Waals surface area contributed by atoms with Crippen LogP contribution in [-0.2, 0) is 72.5 Å². The number of unbranched alkanes of at least 4 members (excludes halogenated alkanes) is 4. The van der Waals surface area contributed by atoms with Crippen LogP contribution in [0.4, 0.5) is 0 Å². The predicted octanol–water partition coefficient (Wildman–Crippen LogP) is 2.88.